The minimum Gasteiger partial charge on any atom is -0.298 e. The second-order valence-electron chi connectivity index (χ2n) is 8.09. The van der Waals surface area contributed by atoms with E-state index in [9.17, 15) is 4.79 Å². The fourth-order valence-corrected chi connectivity index (χ4v) is 4.42. The van der Waals surface area contributed by atoms with E-state index < -0.39 is 0 Å². The number of hydrogen-bond acceptors (Lipinski definition) is 3. The third-order valence-corrected chi connectivity index (χ3v) is 5.91. The van der Waals surface area contributed by atoms with Crippen molar-refractivity contribution in [1.29, 1.82) is 0 Å². The van der Waals surface area contributed by atoms with Gasteiger partial charge in [0.25, 0.3) is 0 Å². The molecule has 0 amide bonds. The zero-order valence-corrected chi connectivity index (χ0v) is 17.8. The van der Waals surface area contributed by atoms with E-state index >= 15 is 0 Å². The number of ketones is 1. The molecule has 146 valence electrons. The van der Waals surface area contributed by atoms with Crippen LogP contribution in [0.2, 0.25) is 5.02 Å². The predicted molar refractivity (Wildman–Crippen MR) is 111 cm³/mol. The van der Waals surface area contributed by atoms with Crippen LogP contribution in [0.15, 0.2) is 18.2 Å². The number of likely N-dealkylation sites (tertiary alicyclic amines) is 1. The van der Waals surface area contributed by atoms with Gasteiger partial charge in [-0.3, -0.25) is 14.4 Å². The summed E-state index contributed by atoms with van der Waals surface area (Å²) in [7, 11) is 0. The Labute approximate surface area is 167 Å². The van der Waals surface area contributed by atoms with Gasteiger partial charge >= 0.3 is 0 Å². The minimum absolute atomic E-state index is 0.0550. The number of carbonyl (C=O) groups is 1. The van der Waals surface area contributed by atoms with Gasteiger partial charge in [0.2, 0.25) is 0 Å². The number of rotatable bonds is 5. The number of carbonyl (C=O) groups excluding carboxylic acids is 1. The Morgan fingerprint density at radius 1 is 1.30 bits per heavy atom. The van der Waals surface area contributed by atoms with Crippen molar-refractivity contribution in [2.75, 3.05) is 13.1 Å². The van der Waals surface area contributed by atoms with Gasteiger partial charge < -0.3 is 0 Å². The summed E-state index contributed by atoms with van der Waals surface area (Å²) in [6.07, 6.45) is 2.01. The van der Waals surface area contributed by atoms with Crippen molar-refractivity contribution >= 4 is 17.4 Å². The first-order valence-electron chi connectivity index (χ1n) is 9.85. The molecule has 0 aliphatic carbocycles. The van der Waals surface area contributed by atoms with Gasteiger partial charge in [-0.15, -0.1) is 0 Å². The molecule has 2 aromatic rings. The van der Waals surface area contributed by atoms with Crippen LogP contribution in [0.4, 0.5) is 0 Å². The van der Waals surface area contributed by atoms with Crippen LogP contribution >= 0.6 is 11.6 Å². The Hall–Kier alpha value is -1.65. The van der Waals surface area contributed by atoms with Crippen molar-refractivity contribution in [3.8, 4) is 0 Å². The summed E-state index contributed by atoms with van der Waals surface area (Å²) in [4.78, 5) is 15.5. The Bertz CT molecular complexity index is 840. The molecule has 1 fully saturated rings. The summed E-state index contributed by atoms with van der Waals surface area (Å²) in [6, 6.07) is 5.93. The number of benzene rings is 1. The van der Waals surface area contributed by atoms with Crippen molar-refractivity contribution in [3.05, 3.63) is 51.3 Å². The summed E-state index contributed by atoms with van der Waals surface area (Å²) in [6.45, 7) is 13.2. The fourth-order valence-electron chi connectivity index (χ4n) is 4.19. The molecule has 0 spiro atoms. The van der Waals surface area contributed by atoms with Crippen LogP contribution in [0.3, 0.4) is 0 Å². The van der Waals surface area contributed by atoms with E-state index in [2.05, 4.69) is 37.3 Å². The van der Waals surface area contributed by atoms with Crippen LogP contribution in [0.1, 0.15) is 65.6 Å². The first kappa shape index (κ1) is 20.1. The van der Waals surface area contributed by atoms with Gasteiger partial charge in [0.05, 0.1) is 5.69 Å². The van der Waals surface area contributed by atoms with Crippen LogP contribution in [-0.4, -0.2) is 33.6 Å². The molecule has 27 heavy (non-hydrogen) atoms. The zero-order chi connectivity index (χ0) is 19.7. The molecule has 2 heterocycles. The SMILES string of the molecule is Cc1cc(Cl)ccc1C(=O)[C@H]1CCCN(Cc2c(C)nn(C(C)C)c2C)C1. The number of nitrogens with zero attached hydrogens (tertiary/aromatic N) is 3. The van der Waals surface area contributed by atoms with Crippen molar-refractivity contribution in [2.45, 2.75) is 60.0 Å². The Morgan fingerprint density at radius 3 is 2.67 bits per heavy atom. The number of Topliss-reactive ketones (excluding diaryl/α,β-unsaturated/α-hetero) is 1. The lowest BCUT2D eigenvalue weighted by molar-refractivity contribution is 0.0810. The van der Waals surface area contributed by atoms with Crippen molar-refractivity contribution in [1.82, 2.24) is 14.7 Å². The second kappa shape index (κ2) is 8.15. The lowest BCUT2D eigenvalue weighted by Gasteiger charge is -2.32. The number of aromatic nitrogens is 2. The topological polar surface area (TPSA) is 38.1 Å². The summed E-state index contributed by atoms with van der Waals surface area (Å²) < 4.78 is 2.11. The van der Waals surface area contributed by atoms with E-state index in [4.69, 9.17) is 16.7 Å². The monoisotopic (exact) mass is 387 g/mol. The quantitative estimate of drug-likeness (QED) is 0.667. The molecule has 4 nitrogen and oxygen atoms in total. The fraction of sp³-hybridized carbons (Fsp3) is 0.545. The molecule has 0 saturated carbocycles. The highest BCUT2D eigenvalue weighted by atomic mass is 35.5. The van der Waals surface area contributed by atoms with Gasteiger partial charge in [0.15, 0.2) is 5.78 Å². The summed E-state index contributed by atoms with van der Waals surface area (Å²) >= 11 is 6.05. The highest BCUT2D eigenvalue weighted by molar-refractivity contribution is 6.30. The predicted octanol–water partition coefficient (Wildman–Crippen LogP) is 5.14. The van der Waals surface area contributed by atoms with Crippen LogP contribution in [0, 0.1) is 26.7 Å². The number of aryl methyl sites for hydroxylation is 2. The molecule has 0 N–H and O–H groups in total. The highest BCUT2D eigenvalue weighted by Gasteiger charge is 2.28. The van der Waals surface area contributed by atoms with Crippen LogP contribution in [0.25, 0.3) is 0 Å². The molecule has 1 saturated heterocycles. The molecule has 5 heteroatoms. The second-order valence-corrected chi connectivity index (χ2v) is 8.52. The molecule has 1 aliphatic heterocycles. The third kappa shape index (κ3) is 4.27. The van der Waals surface area contributed by atoms with E-state index in [-0.39, 0.29) is 11.7 Å². The molecule has 0 unspecified atom stereocenters. The van der Waals surface area contributed by atoms with Crippen molar-refractivity contribution in [3.63, 3.8) is 0 Å². The first-order valence-corrected chi connectivity index (χ1v) is 10.2. The molecule has 1 aliphatic rings. The average molecular weight is 388 g/mol. The van der Waals surface area contributed by atoms with Crippen molar-refractivity contribution < 1.29 is 4.79 Å². The molecule has 1 aromatic carbocycles. The first-order chi connectivity index (χ1) is 12.8. The van der Waals surface area contributed by atoms with E-state index in [1.165, 1.54) is 11.3 Å². The van der Waals surface area contributed by atoms with Crippen LogP contribution < -0.4 is 0 Å². The molecular formula is C22H30ClN3O. The largest absolute Gasteiger partial charge is 0.298 e. The molecule has 1 atom stereocenters. The zero-order valence-electron chi connectivity index (χ0n) is 17.1. The summed E-state index contributed by atoms with van der Waals surface area (Å²) in [5.41, 5.74) is 5.42. The maximum atomic E-state index is 13.1. The lowest BCUT2D eigenvalue weighted by atomic mass is 9.88. The van der Waals surface area contributed by atoms with E-state index in [1.54, 1.807) is 0 Å². The third-order valence-electron chi connectivity index (χ3n) is 5.68. The maximum absolute atomic E-state index is 13.1. The molecule has 3 rings (SSSR count). The smallest absolute Gasteiger partial charge is 0.167 e. The lowest BCUT2D eigenvalue weighted by Crippen LogP contribution is -2.38. The number of halogens is 1. The Balaban J connectivity index is 1.74. The van der Waals surface area contributed by atoms with Gasteiger partial charge in [0, 0.05) is 46.9 Å². The molecule has 0 radical (unpaired) electrons. The van der Waals surface area contributed by atoms with Gasteiger partial charge in [-0.1, -0.05) is 11.6 Å². The van der Waals surface area contributed by atoms with E-state index in [1.807, 2.05) is 25.1 Å². The molecular weight excluding hydrogens is 358 g/mol. The van der Waals surface area contributed by atoms with Crippen LogP contribution in [-0.2, 0) is 6.54 Å². The van der Waals surface area contributed by atoms with Gasteiger partial charge in [0.1, 0.15) is 0 Å². The van der Waals surface area contributed by atoms with Gasteiger partial charge in [-0.05, 0) is 77.8 Å². The number of hydrogen-bond donors (Lipinski definition) is 0. The summed E-state index contributed by atoms with van der Waals surface area (Å²) in [5.74, 6) is 0.305. The standard InChI is InChI=1S/C22H30ClN3O/c1-14(2)26-17(5)21(16(4)24-26)13-25-10-6-7-18(12-25)22(27)20-9-8-19(23)11-15(20)3/h8-9,11,14,18H,6-7,10,12-13H2,1-5H3/t18-/m0/s1. The summed E-state index contributed by atoms with van der Waals surface area (Å²) in [5, 5.41) is 5.39. The molecule has 1 aromatic heterocycles. The van der Waals surface area contributed by atoms with E-state index in [0.29, 0.717) is 11.1 Å². The molecule has 0 bridgehead atoms. The Morgan fingerprint density at radius 2 is 2.04 bits per heavy atom. The average Bonchev–Trinajstić information content (AvgIpc) is 2.90. The number of piperidine rings is 1. The Kier molecular flexibility index (Phi) is 6.07. The normalized spacial score (nSPS) is 18.3. The highest BCUT2D eigenvalue weighted by Crippen LogP contribution is 2.26. The maximum Gasteiger partial charge on any atom is 0.167 e. The van der Waals surface area contributed by atoms with Crippen LogP contribution in [0.5, 0.6) is 0 Å². The van der Waals surface area contributed by atoms with E-state index in [0.717, 1.165) is 49.3 Å². The van der Waals surface area contributed by atoms with Gasteiger partial charge in [-0.2, -0.15) is 5.10 Å². The minimum atomic E-state index is 0.0550. The van der Waals surface area contributed by atoms with Crippen molar-refractivity contribution in [2.24, 2.45) is 5.92 Å². The van der Waals surface area contributed by atoms with Gasteiger partial charge in [-0.25, -0.2) is 0 Å².